The molecule has 1 N–H and O–H groups in total. The Balaban J connectivity index is 1.55. The Morgan fingerprint density at radius 1 is 1.18 bits per heavy atom. The lowest BCUT2D eigenvalue weighted by atomic mass is 10.1. The predicted octanol–water partition coefficient (Wildman–Crippen LogP) is 3.67. The van der Waals surface area contributed by atoms with Crippen molar-refractivity contribution in [1.29, 1.82) is 0 Å². The van der Waals surface area contributed by atoms with Gasteiger partial charge in [-0.2, -0.15) is 0 Å². The lowest BCUT2D eigenvalue weighted by Gasteiger charge is -2.32. The number of methoxy groups -OCH3 is 1. The number of piperidine rings is 1. The summed E-state index contributed by atoms with van der Waals surface area (Å²) in [4.78, 5) is 20.3. The first-order valence-corrected chi connectivity index (χ1v) is 16.3. The zero-order valence-electron chi connectivity index (χ0n) is 23.8. The van der Waals surface area contributed by atoms with E-state index in [2.05, 4.69) is 40.3 Å². The van der Waals surface area contributed by atoms with Crippen molar-refractivity contribution >= 4 is 43.2 Å². The fourth-order valence-corrected chi connectivity index (χ4v) is 6.90. The van der Waals surface area contributed by atoms with Crippen LogP contribution in [0.3, 0.4) is 0 Å². The molecule has 218 valence electrons. The van der Waals surface area contributed by atoms with Gasteiger partial charge in [0.05, 0.1) is 54.7 Å². The van der Waals surface area contributed by atoms with Crippen LogP contribution in [0.4, 0.5) is 11.6 Å². The molecule has 2 saturated heterocycles. The lowest BCUT2D eigenvalue weighted by molar-refractivity contribution is -0.0278. The predicted molar refractivity (Wildman–Crippen MR) is 158 cm³/mol. The molecular formula is C27H38N6O5S2. The summed E-state index contributed by atoms with van der Waals surface area (Å²) in [5.41, 5.74) is 3.82. The van der Waals surface area contributed by atoms with Crippen LogP contribution in [0.15, 0.2) is 12.3 Å². The molecule has 3 aromatic heterocycles. The number of hydrogen-bond donors (Lipinski definition) is 1. The van der Waals surface area contributed by atoms with Crippen molar-refractivity contribution in [2.75, 3.05) is 62.4 Å². The number of morpholine rings is 1. The van der Waals surface area contributed by atoms with E-state index in [-0.39, 0.29) is 17.7 Å². The minimum Gasteiger partial charge on any atom is -0.480 e. The molecule has 13 heteroatoms. The Kier molecular flexibility index (Phi) is 8.76. The molecule has 0 aromatic carbocycles. The van der Waals surface area contributed by atoms with Gasteiger partial charge in [-0.15, -0.1) is 11.3 Å². The molecule has 11 nitrogen and oxygen atoms in total. The number of thiophene rings is 1. The second-order valence-corrected chi connectivity index (χ2v) is 13.6. The molecule has 0 saturated carbocycles. The molecule has 0 atom stereocenters. The third-order valence-electron chi connectivity index (χ3n) is 7.11. The van der Waals surface area contributed by atoms with E-state index in [1.165, 1.54) is 17.6 Å². The van der Waals surface area contributed by atoms with Gasteiger partial charge in [0.2, 0.25) is 21.9 Å². The topological polar surface area (TPSA) is 119 Å². The summed E-state index contributed by atoms with van der Waals surface area (Å²) in [5.74, 6) is 0.836. The third kappa shape index (κ3) is 6.65. The molecule has 5 heterocycles. The zero-order chi connectivity index (χ0) is 28.4. The summed E-state index contributed by atoms with van der Waals surface area (Å²) >= 11 is 1.66. The van der Waals surface area contributed by atoms with Gasteiger partial charge in [0.1, 0.15) is 5.69 Å². The first-order chi connectivity index (χ1) is 19.1. The number of hydrogen-bond acceptors (Lipinski definition) is 11. The maximum Gasteiger partial charge on any atom is 0.238 e. The van der Waals surface area contributed by atoms with Gasteiger partial charge in [-0.3, -0.25) is 9.62 Å². The number of ether oxygens (including phenoxy) is 3. The molecule has 0 aliphatic carbocycles. The van der Waals surface area contributed by atoms with Crippen molar-refractivity contribution in [2.45, 2.75) is 52.4 Å². The average molecular weight is 591 g/mol. The molecule has 0 spiro atoms. The summed E-state index contributed by atoms with van der Waals surface area (Å²) in [7, 11) is -2.08. The van der Waals surface area contributed by atoms with Crippen LogP contribution in [-0.4, -0.2) is 93.2 Å². The highest BCUT2D eigenvalue weighted by Gasteiger charge is 2.26. The normalized spacial score (nSPS) is 17.6. The number of rotatable bonds is 9. The summed E-state index contributed by atoms with van der Waals surface area (Å²) in [5, 5.41) is 0. The Labute approximate surface area is 239 Å². The fraction of sp³-hybridized carbons (Fsp3) is 0.593. The molecule has 2 aliphatic rings. The van der Waals surface area contributed by atoms with Crippen molar-refractivity contribution in [3.8, 4) is 17.1 Å². The minimum atomic E-state index is -3.54. The summed E-state index contributed by atoms with van der Waals surface area (Å²) in [6.07, 6.45) is 5.37. The van der Waals surface area contributed by atoms with E-state index in [1.807, 2.05) is 0 Å². The molecule has 2 fully saturated rings. The molecule has 5 rings (SSSR count). The van der Waals surface area contributed by atoms with Crippen molar-refractivity contribution in [2.24, 2.45) is 0 Å². The smallest absolute Gasteiger partial charge is 0.238 e. The van der Waals surface area contributed by atoms with Crippen LogP contribution >= 0.6 is 11.3 Å². The van der Waals surface area contributed by atoms with Crippen molar-refractivity contribution < 1.29 is 22.6 Å². The number of nitrogens with one attached hydrogen (secondary N) is 1. The highest BCUT2D eigenvalue weighted by atomic mass is 32.2. The van der Waals surface area contributed by atoms with Crippen LogP contribution in [0.5, 0.6) is 5.88 Å². The van der Waals surface area contributed by atoms with Crippen molar-refractivity contribution in [3.63, 3.8) is 0 Å². The van der Waals surface area contributed by atoms with Gasteiger partial charge in [-0.05, 0) is 39.7 Å². The first kappa shape index (κ1) is 28.9. The first-order valence-electron chi connectivity index (χ1n) is 13.6. The van der Waals surface area contributed by atoms with E-state index in [4.69, 9.17) is 24.2 Å². The number of pyridine rings is 1. The average Bonchev–Trinajstić information content (AvgIpc) is 3.23. The minimum absolute atomic E-state index is 0.195. The van der Waals surface area contributed by atoms with Gasteiger partial charge in [0.25, 0.3) is 0 Å². The maximum absolute atomic E-state index is 12.1. The summed E-state index contributed by atoms with van der Waals surface area (Å²) < 4.78 is 44.5. The van der Waals surface area contributed by atoms with E-state index in [0.717, 1.165) is 54.6 Å². The fourth-order valence-electron chi connectivity index (χ4n) is 5.24. The van der Waals surface area contributed by atoms with Gasteiger partial charge in [-0.25, -0.2) is 23.4 Å². The summed E-state index contributed by atoms with van der Waals surface area (Å²) in [6.45, 7) is 11.7. The summed E-state index contributed by atoms with van der Waals surface area (Å²) in [6, 6.07) is 1.73. The highest BCUT2D eigenvalue weighted by molar-refractivity contribution is 7.92. The van der Waals surface area contributed by atoms with E-state index in [1.54, 1.807) is 23.6 Å². The molecule has 2 aliphatic heterocycles. The van der Waals surface area contributed by atoms with Crippen LogP contribution in [0.1, 0.15) is 37.1 Å². The van der Waals surface area contributed by atoms with Crippen molar-refractivity contribution in [3.05, 3.63) is 22.7 Å². The van der Waals surface area contributed by atoms with Crippen molar-refractivity contribution in [1.82, 2.24) is 19.9 Å². The standard InChI is InChI=1S/C27H38N6O5S2/c1-17(2)38-20-6-8-32(9-7-20)16-21-18(3)39-25-23(29-27(30-24(21)25)33-10-12-37-13-11-33)19-14-22(31-40(5,34)35)26(36-4)28-15-19/h14-15,17,20,31H,6-13,16H2,1-5H3. The SMILES string of the molecule is COc1ncc(-c2nc(N3CCOCC3)nc3c(CN4CCC(OC(C)C)CC4)c(C)sc23)cc1NS(C)(=O)=O. The maximum atomic E-state index is 12.1. The number of anilines is 2. The molecular weight excluding hydrogens is 552 g/mol. The lowest BCUT2D eigenvalue weighted by Crippen LogP contribution is -2.38. The van der Waals surface area contributed by atoms with Gasteiger partial charge in [0, 0.05) is 54.9 Å². The molecule has 0 bridgehead atoms. The molecule has 3 aromatic rings. The molecule has 0 amide bonds. The number of likely N-dealkylation sites (tertiary alicyclic amines) is 1. The molecule has 0 radical (unpaired) electrons. The van der Waals surface area contributed by atoms with Crippen LogP contribution in [0.2, 0.25) is 0 Å². The van der Waals surface area contributed by atoms with Gasteiger partial charge in [0.15, 0.2) is 0 Å². The number of fused-ring (bicyclic) bond motifs is 1. The van der Waals surface area contributed by atoms with Gasteiger partial charge in [-0.1, -0.05) is 0 Å². The Morgan fingerprint density at radius 2 is 1.90 bits per heavy atom. The van der Waals surface area contributed by atoms with Crippen LogP contribution in [-0.2, 0) is 26.0 Å². The monoisotopic (exact) mass is 590 g/mol. The second-order valence-electron chi connectivity index (χ2n) is 10.6. The van der Waals surface area contributed by atoms with E-state index in [9.17, 15) is 8.42 Å². The van der Waals surface area contributed by atoms with E-state index < -0.39 is 10.0 Å². The largest absolute Gasteiger partial charge is 0.480 e. The van der Waals surface area contributed by atoms with E-state index >= 15 is 0 Å². The second kappa shape index (κ2) is 12.1. The third-order valence-corrected chi connectivity index (χ3v) is 8.84. The zero-order valence-corrected chi connectivity index (χ0v) is 25.4. The Hall–Kier alpha value is -2.58. The van der Waals surface area contributed by atoms with Crippen LogP contribution in [0.25, 0.3) is 21.5 Å². The Morgan fingerprint density at radius 3 is 2.55 bits per heavy atom. The number of aryl methyl sites for hydroxylation is 1. The van der Waals surface area contributed by atoms with E-state index in [0.29, 0.717) is 43.9 Å². The highest BCUT2D eigenvalue weighted by Crippen LogP contribution is 2.39. The molecule has 40 heavy (non-hydrogen) atoms. The number of aromatic nitrogens is 3. The van der Waals surface area contributed by atoms with Crippen LogP contribution < -0.4 is 14.4 Å². The van der Waals surface area contributed by atoms with Gasteiger partial charge >= 0.3 is 0 Å². The molecule has 0 unspecified atom stereocenters. The quantitative estimate of drug-likeness (QED) is 0.395. The number of nitrogens with zero attached hydrogens (tertiary/aromatic N) is 5. The Bertz CT molecular complexity index is 1450. The van der Waals surface area contributed by atoms with Crippen LogP contribution in [0, 0.1) is 6.92 Å². The number of sulfonamides is 1. The van der Waals surface area contributed by atoms with Gasteiger partial charge < -0.3 is 19.1 Å².